The molecular formula is C16H19NO3S2. The normalized spacial score (nSPS) is 16.6. The predicted octanol–water partition coefficient (Wildman–Crippen LogP) is 3.32. The molecular weight excluding hydrogens is 318 g/mol. The third-order valence-electron chi connectivity index (χ3n) is 3.04. The van der Waals surface area contributed by atoms with Crippen LogP contribution in [0.25, 0.3) is 6.08 Å². The van der Waals surface area contributed by atoms with E-state index >= 15 is 0 Å². The van der Waals surface area contributed by atoms with Gasteiger partial charge in [-0.15, -0.1) is 0 Å². The van der Waals surface area contributed by atoms with Gasteiger partial charge in [0.25, 0.3) is 5.91 Å². The summed E-state index contributed by atoms with van der Waals surface area (Å²) in [4.78, 5) is 14.5. The molecule has 6 heteroatoms. The number of carbonyl (C=O) groups is 1. The van der Waals surface area contributed by atoms with Gasteiger partial charge in [0, 0.05) is 7.11 Å². The maximum atomic E-state index is 12.3. The Balaban J connectivity index is 2.06. The fourth-order valence-electron chi connectivity index (χ4n) is 1.91. The molecule has 0 radical (unpaired) electrons. The van der Waals surface area contributed by atoms with E-state index in [1.165, 1.54) is 11.8 Å². The zero-order valence-electron chi connectivity index (χ0n) is 12.7. The van der Waals surface area contributed by atoms with Gasteiger partial charge in [0.05, 0.1) is 24.7 Å². The van der Waals surface area contributed by atoms with Crippen molar-refractivity contribution in [2.45, 2.75) is 13.3 Å². The van der Waals surface area contributed by atoms with E-state index in [9.17, 15) is 4.79 Å². The summed E-state index contributed by atoms with van der Waals surface area (Å²) >= 11 is 6.57. The Kier molecular flexibility index (Phi) is 6.42. The summed E-state index contributed by atoms with van der Waals surface area (Å²) in [6.07, 6.45) is 2.83. The average Bonchev–Trinajstić information content (AvgIpc) is 2.79. The van der Waals surface area contributed by atoms with Gasteiger partial charge in [-0.25, -0.2) is 0 Å². The topological polar surface area (TPSA) is 38.8 Å². The number of carbonyl (C=O) groups excluding carboxylic acids is 1. The number of nitrogens with zero attached hydrogens (tertiary/aromatic N) is 1. The first kappa shape index (κ1) is 17.0. The number of methoxy groups -OCH3 is 1. The first-order chi connectivity index (χ1) is 10.7. The van der Waals surface area contributed by atoms with Gasteiger partial charge in [-0.1, -0.05) is 43.0 Å². The van der Waals surface area contributed by atoms with E-state index in [-0.39, 0.29) is 5.91 Å². The number of hydrogen-bond donors (Lipinski definition) is 0. The van der Waals surface area contributed by atoms with Crippen LogP contribution in [0.15, 0.2) is 29.2 Å². The zero-order chi connectivity index (χ0) is 15.9. The van der Waals surface area contributed by atoms with Crippen LogP contribution in [0.1, 0.15) is 18.9 Å². The monoisotopic (exact) mass is 337 g/mol. The van der Waals surface area contributed by atoms with E-state index < -0.39 is 0 Å². The fourth-order valence-corrected chi connectivity index (χ4v) is 3.22. The Labute approximate surface area is 140 Å². The van der Waals surface area contributed by atoms with Crippen LogP contribution in [0.3, 0.4) is 0 Å². The quantitative estimate of drug-likeness (QED) is 0.564. The number of thioether (sulfide) groups is 1. The molecule has 0 unspecified atom stereocenters. The lowest BCUT2D eigenvalue weighted by Gasteiger charge is -2.12. The largest absolute Gasteiger partial charge is 0.494 e. The highest BCUT2D eigenvalue weighted by Crippen LogP contribution is 2.32. The molecule has 1 aromatic carbocycles. The van der Waals surface area contributed by atoms with Crippen molar-refractivity contribution in [3.63, 3.8) is 0 Å². The third kappa shape index (κ3) is 4.32. The van der Waals surface area contributed by atoms with Crippen LogP contribution in [-0.4, -0.2) is 42.0 Å². The second-order valence-electron chi connectivity index (χ2n) is 4.74. The van der Waals surface area contributed by atoms with Crippen LogP contribution in [0, 0.1) is 0 Å². The van der Waals surface area contributed by atoms with Gasteiger partial charge >= 0.3 is 0 Å². The summed E-state index contributed by atoms with van der Waals surface area (Å²) in [7, 11) is 1.61. The highest BCUT2D eigenvalue weighted by Gasteiger charge is 2.31. The number of thiocarbonyl (C=S) groups is 1. The molecule has 0 N–H and O–H groups in total. The van der Waals surface area contributed by atoms with Crippen molar-refractivity contribution < 1.29 is 14.3 Å². The van der Waals surface area contributed by atoms with E-state index in [1.54, 1.807) is 12.0 Å². The van der Waals surface area contributed by atoms with Crippen molar-refractivity contribution in [2.24, 2.45) is 0 Å². The molecule has 1 aliphatic rings. The number of hydrogen-bond acceptors (Lipinski definition) is 5. The van der Waals surface area contributed by atoms with Crippen LogP contribution in [0.4, 0.5) is 0 Å². The lowest BCUT2D eigenvalue weighted by Crippen LogP contribution is -2.31. The first-order valence-electron chi connectivity index (χ1n) is 7.13. The molecule has 0 aromatic heterocycles. The summed E-state index contributed by atoms with van der Waals surface area (Å²) < 4.78 is 11.1. The molecule has 1 fully saturated rings. The molecule has 118 valence electrons. The number of rotatable bonds is 7. The Morgan fingerprint density at radius 3 is 2.64 bits per heavy atom. The first-order valence-corrected chi connectivity index (χ1v) is 8.35. The van der Waals surface area contributed by atoms with Crippen molar-refractivity contribution >= 4 is 40.3 Å². The second-order valence-corrected chi connectivity index (χ2v) is 6.42. The van der Waals surface area contributed by atoms with Crippen LogP contribution in [-0.2, 0) is 9.53 Å². The summed E-state index contributed by atoms with van der Waals surface area (Å²) in [5, 5.41) is 0. The van der Waals surface area contributed by atoms with E-state index in [0.717, 1.165) is 17.7 Å². The Morgan fingerprint density at radius 1 is 1.27 bits per heavy atom. The van der Waals surface area contributed by atoms with Gasteiger partial charge in [-0.3, -0.25) is 9.69 Å². The predicted molar refractivity (Wildman–Crippen MR) is 94.0 cm³/mol. The molecule has 22 heavy (non-hydrogen) atoms. The van der Waals surface area contributed by atoms with Gasteiger partial charge in [-0.05, 0) is 30.2 Å². The summed E-state index contributed by atoms with van der Waals surface area (Å²) in [6.45, 7) is 3.74. The standard InChI is InChI=1S/C16H19NO3S2/c1-3-9-20-13-6-4-12(5-7-13)11-14-15(18)17(8-10-19-2)16(21)22-14/h4-7,11H,3,8-10H2,1-2H3/b14-11-. The number of amides is 1. The van der Waals surface area contributed by atoms with E-state index in [4.69, 9.17) is 21.7 Å². The summed E-state index contributed by atoms with van der Waals surface area (Å²) in [5.41, 5.74) is 0.955. The van der Waals surface area contributed by atoms with Gasteiger partial charge in [-0.2, -0.15) is 0 Å². The van der Waals surface area contributed by atoms with E-state index in [0.29, 0.717) is 29.0 Å². The molecule has 1 saturated heterocycles. The number of benzene rings is 1. The SMILES string of the molecule is CCCOc1ccc(/C=C2\SC(=S)N(CCOC)C2=O)cc1. The Morgan fingerprint density at radius 2 is 2.00 bits per heavy atom. The van der Waals surface area contributed by atoms with Crippen molar-refractivity contribution in [1.82, 2.24) is 4.90 Å². The van der Waals surface area contributed by atoms with Crippen molar-refractivity contribution in [3.8, 4) is 5.75 Å². The maximum Gasteiger partial charge on any atom is 0.266 e. The molecule has 1 heterocycles. The van der Waals surface area contributed by atoms with Gasteiger partial charge < -0.3 is 9.47 Å². The van der Waals surface area contributed by atoms with Crippen LogP contribution in [0.5, 0.6) is 5.75 Å². The van der Waals surface area contributed by atoms with Gasteiger partial charge in [0.1, 0.15) is 10.1 Å². The highest BCUT2D eigenvalue weighted by molar-refractivity contribution is 8.26. The third-order valence-corrected chi connectivity index (χ3v) is 4.42. The van der Waals surface area contributed by atoms with Crippen molar-refractivity contribution in [1.29, 1.82) is 0 Å². The van der Waals surface area contributed by atoms with Crippen LogP contribution >= 0.6 is 24.0 Å². The molecule has 0 atom stereocenters. The molecule has 0 saturated carbocycles. The maximum absolute atomic E-state index is 12.3. The lowest BCUT2D eigenvalue weighted by atomic mass is 10.2. The fraction of sp³-hybridized carbons (Fsp3) is 0.375. The minimum atomic E-state index is -0.0571. The summed E-state index contributed by atoms with van der Waals surface area (Å²) in [6, 6.07) is 7.69. The zero-order valence-corrected chi connectivity index (χ0v) is 14.3. The summed E-state index contributed by atoms with van der Waals surface area (Å²) in [5.74, 6) is 0.782. The van der Waals surface area contributed by atoms with E-state index in [2.05, 4.69) is 6.92 Å². The minimum Gasteiger partial charge on any atom is -0.494 e. The second kappa shape index (κ2) is 8.31. The molecule has 1 amide bonds. The Hall–Kier alpha value is -1.37. The molecule has 0 spiro atoms. The molecule has 4 nitrogen and oxygen atoms in total. The molecule has 0 aliphatic carbocycles. The smallest absolute Gasteiger partial charge is 0.266 e. The van der Waals surface area contributed by atoms with Crippen LogP contribution in [0.2, 0.25) is 0 Å². The van der Waals surface area contributed by atoms with Crippen LogP contribution < -0.4 is 4.74 Å². The minimum absolute atomic E-state index is 0.0571. The molecule has 0 bridgehead atoms. The lowest BCUT2D eigenvalue weighted by molar-refractivity contribution is -0.122. The highest BCUT2D eigenvalue weighted by atomic mass is 32.2. The average molecular weight is 337 g/mol. The Bertz CT molecular complexity index is 569. The van der Waals surface area contributed by atoms with Crippen molar-refractivity contribution in [2.75, 3.05) is 26.9 Å². The molecule has 1 aliphatic heterocycles. The van der Waals surface area contributed by atoms with E-state index in [1.807, 2.05) is 30.3 Å². The van der Waals surface area contributed by atoms with Gasteiger partial charge in [0.15, 0.2) is 0 Å². The molecule has 2 rings (SSSR count). The molecule has 1 aromatic rings. The van der Waals surface area contributed by atoms with Crippen molar-refractivity contribution in [3.05, 3.63) is 34.7 Å². The van der Waals surface area contributed by atoms with Gasteiger partial charge in [0.2, 0.25) is 0 Å². The number of ether oxygens (including phenoxy) is 2.